The van der Waals surface area contributed by atoms with Gasteiger partial charge >= 0.3 is 0 Å². The molecule has 1 atom stereocenters. The fourth-order valence-corrected chi connectivity index (χ4v) is 2.09. The quantitative estimate of drug-likeness (QED) is 0.320. The van der Waals surface area contributed by atoms with E-state index in [4.69, 9.17) is 0 Å². The number of nitrogens with one attached hydrogen (secondary N) is 3. The number of hydrogen-bond acceptors (Lipinski definition) is 2. The number of rotatable bonds is 6. The maximum absolute atomic E-state index is 12.1. The number of benzene rings is 1. The van der Waals surface area contributed by atoms with E-state index in [1.165, 1.54) is 0 Å². The number of anilines is 1. The fourth-order valence-electron chi connectivity index (χ4n) is 1.72. The van der Waals surface area contributed by atoms with E-state index in [-0.39, 0.29) is 36.4 Å². The van der Waals surface area contributed by atoms with Crippen molar-refractivity contribution in [1.29, 1.82) is 0 Å². The van der Waals surface area contributed by atoms with E-state index in [9.17, 15) is 4.79 Å². The number of nitrogens with zero attached hydrogens (tertiary/aromatic N) is 1. The Kier molecular flexibility index (Phi) is 11.2. The Balaban J connectivity index is 0.00000484. The number of aliphatic imine (C=N–C) groups is 1. The van der Waals surface area contributed by atoms with E-state index in [1.54, 1.807) is 0 Å². The van der Waals surface area contributed by atoms with Crippen molar-refractivity contribution in [2.24, 2.45) is 4.99 Å². The minimum absolute atomic E-state index is 0. The average molecular weight is 497 g/mol. The molecule has 23 heavy (non-hydrogen) atoms. The van der Waals surface area contributed by atoms with Crippen LogP contribution in [0.15, 0.2) is 27.7 Å². The summed E-state index contributed by atoms with van der Waals surface area (Å²) >= 11 is 3.41. The molecule has 0 aliphatic heterocycles. The van der Waals surface area contributed by atoms with E-state index in [1.807, 2.05) is 32.0 Å². The molecule has 0 fully saturated rings. The second-order valence-corrected chi connectivity index (χ2v) is 6.07. The lowest BCUT2D eigenvalue weighted by Crippen LogP contribution is -2.42. The molecule has 130 valence electrons. The SMILES string of the molecule is CCNC(=NCC(=O)Nc1cc(Br)ccc1C)NC(C)CC.I. The molecule has 1 rings (SSSR count). The number of amides is 1. The average Bonchev–Trinajstić information content (AvgIpc) is 2.48. The van der Waals surface area contributed by atoms with Crippen molar-refractivity contribution < 1.29 is 4.79 Å². The first kappa shape index (κ1) is 22.2. The van der Waals surface area contributed by atoms with Gasteiger partial charge in [0.25, 0.3) is 0 Å². The molecule has 0 aliphatic carbocycles. The van der Waals surface area contributed by atoms with Crippen LogP contribution >= 0.6 is 39.9 Å². The number of carbonyl (C=O) groups is 1. The summed E-state index contributed by atoms with van der Waals surface area (Å²) in [5, 5.41) is 9.28. The van der Waals surface area contributed by atoms with E-state index in [0.717, 1.165) is 28.7 Å². The van der Waals surface area contributed by atoms with Crippen LogP contribution in [0.4, 0.5) is 5.69 Å². The molecule has 0 aliphatic rings. The molecule has 0 heterocycles. The summed E-state index contributed by atoms with van der Waals surface area (Å²) in [4.78, 5) is 16.4. The van der Waals surface area contributed by atoms with Crippen LogP contribution in [0.25, 0.3) is 0 Å². The van der Waals surface area contributed by atoms with Crippen molar-refractivity contribution in [3.05, 3.63) is 28.2 Å². The molecule has 0 aromatic heterocycles. The topological polar surface area (TPSA) is 65.5 Å². The summed E-state index contributed by atoms with van der Waals surface area (Å²) in [6.07, 6.45) is 0.994. The first-order valence-corrected chi connectivity index (χ1v) is 8.36. The highest BCUT2D eigenvalue weighted by Gasteiger charge is 2.07. The van der Waals surface area contributed by atoms with Crippen LogP contribution in [0, 0.1) is 6.92 Å². The molecular formula is C16H26BrIN4O. The number of guanidine groups is 1. The van der Waals surface area contributed by atoms with Crippen LogP contribution in [-0.2, 0) is 4.79 Å². The third-order valence-corrected chi connectivity index (χ3v) is 3.69. The van der Waals surface area contributed by atoms with E-state index >= 15 is 0 Å². The molecule has 0 bridgehead atoms. The second kappa shape index (κ2) is 11.7. The molecule has 0 spiro atoms. The van der Waals surface area contributed by atoms with Crippen LogP contribution in [0.2, 0.25) is 0 Å². The highest BCUT2D eigenvalue weighted by molar-refractivity contribution is 14.0. The van der Waals surface area contributed by atoms with Gasteiger partial charge < -0.3 is 16.0 Å². The van der Waals surface area contributed by atoms with E-state index in [0.29, 0.717) is 12.0 Å². The van der Waals surface area contributed by atoms with Gasteiger partial charge in [-0.05, 0) is 44.9 Å². The largest absolute Gasteiger partial charge is 0.357 e. The summed E-state index contributed by atoms with van der Waals surface area (Å²) in [5.74, 6) is 0.528. The monoisotopic (exact) mass is 496 g/mol. The zero-order valence-electron chi connectivity index (χ0n) is 14.1. The number of halogens is 2. The minimum atomic E-state index is -0.137. The Morgan fingerprint density at radius 1 is 1.35 bits per heavy atom. The van der Waals surface area contributed by atoms with Crippen molar-refractivity contribution in [2.45, 2.75) is 40.2 Å². The Morgan fingerprint density at radius 2 is 2.04 bits per heavy atom. The predicted molar refractivity (Wildman–Crippen MR) is 112 cm³/mol. The van der Waals surface area contributed by atoms with Crippen LogP contribution in [0.5, 0.6) is 0 Å². The van der Waals surface area contributed by atoms with Gasteiger partial charge in [-0.15, -0.1) is 24.0 Å². The second-order valence-electron chi connectivity index (χ2n) is 5.16. The van der Waals surface area contributed by atoms with Gasteiger partial charge in [0.1, 0.15) is 6.54 Å². The first-order chi connectivity index (χ1) is 10.5. The van der Waals surface area contributed by atoms with Crippen LogP contribution in [0.1, 0.15) is 32.8 Å². The number of aryl methyl sites for hydroxylation is 1. The Labute approximate surface area is 164 Å². The fraction of sp³-hybridized carbons (Fsp3) is 0.500. The van der Waals surface area contributed by atoms with E-state index in [2.05, 4.69) is 50.7 Å². The van der Waals surface area contributed by atoms with Crippen LogP contribution in [-0.4, -0.2) is 31.0 Å². The number of hydrogen-bond donors (Lipinski definition) is 3. The summed E-state index contributed by atoms with van der Waals surface area (Å²) < 4.78 is 0.934. The Morgan fingerprint density at radius 3 is 2.65 bits per heavy atom. The van der Waals surface area contributed by atoms with Gasteiger partial charge in [-0.25, -0.2) is 4.99 Å². The maximum Gasteiger partial charge on any atom is 0.246 e. The van der Waals surface area contributed by atoms with Crippen molar-refractivity contribution in [3.8, 4) is 0 Å². The molecule has 0 saturated heterocycles. The predicted octanol–water partition coefficient (Wildman–Crippen LogP) is 3.67. The standard InChI is InChI=1S/C16H25BrN4O.HI/c1-5-12(4)20-16(18-6-2)19-10-15(22)21-14-9-13(17)8-7-11(14)3;/h7-9,12H,5-6,10H2,1-4H3,(H,21,22)(H2,18,19,20);1H. The molecule has 1 aromatic carbocycles. The molecule has 3 N–H and O–H groups in total. The molecular weight excluding hydrogens is 471 g/mol. The Hall–Kier alpha value is -0.830. The van der Waals surface area contributed by atoms with Gasteiger partial charge in [-0.1, -0.05) is 28.9 Å². The minimum Gasteiger partial charge on any atom is -0.357 e. The zero-order valence-corrected chi connectivity index (χ0v) is 18.0. The van der Waals surface area contributed by atoms with Gasteiger partial charge in [-0.3, -0.25) is 4.79 Å². The van der Waals surface area contributed by atoms with Gasteiger partial charge in [0.15, 0.2) is 5.96 Å². The lowest BCUT2D eigenvalue weighted by Gasteiger charge is -2.16. The van der Waals surface area contributed by atoms with Gasteiger partial charge in [0, 0.05) is 22.7 Å². The maximum atomic E-state index is 12.1. The summed E-state index contributed by atoms with van der Waals surface area (Å²) in [7, 11) is 0. The van der Waals surface area contributed by atoms with Gasteiger partial charge in [-0.2, -0.15) is 0 Å². The van der Waals surface area contributed by atoms with Gasteiger partial charge in [0.05, 0.1) is 0 Å². The van der Waals surface area contributed by atoms with Crippen LogP contribution < -0.4 is 16.0 Å². The van der Waals surface area contributed by atoms with Crippen molar-refractivity contribution in [2.75, 3.05) is 18.4 Å². The van der Waals surface area contributed by atoms with E-state index < -0.39 is 0 Å². The molecule has 1 amide bonds. The third-order valence-electron chi connectivity index (χ3n) is 3.19. The van der Waals surface area contributed by atoms with Crippen molar-refractivity contribution in [1.82, 2.24) is 10.6 Å². The normalized spacial score (nSPS) is 12.1. The summed E-state index contributed by atoms with van der Waals surface area (Å²) in [6, 6.07) is 6.10. The third kappa shape index (κ3) is 8.55. The molecule has 5 nitrogen and oxygen atoms in total. The molecule has 0 saturated carbocycles. The molecule has 0 radical (unpaired) electrons. The van der Waals surface area contributed by atoms with Crippen molar-refractivity contribution >= 4 is 57.5 Å². The van der Waals surface area contributed by atoms with Crippen molar-refractivity contribution in [3.63, 3.8) is 0 Å². The smallest absolute Gasteiger partial charge is 0.246 e. The molecule has 1 unspecified atom stereocenters. The lowest BCUT2D eigenvalue weighted by atomic mass is 10.2. The van der Waals surface area contributed by atoms with Crippen LogP contribution in [0.3, 0.4) is 0 Å². The first-order valence-electron chi connectivity index (χ1n) is 7.57. The zero-order chi connectivity index (χ0) is 16.5. The van der Waals surface area contributed by atoms with Gasteiger partial charge in [0.2, 0.25) is 5.91 Å². The number of carbonyl (C=O) groups excluding carboxylic acids is 1. The highest BCUT2D eigenvalue weighted by atomic mass is 127. The summed E-state index contributed by atoms with van der Waals surface area (Å²) in [6.45, 7) is 8.98. The molecule has 1 aromatic rings. The Bertz CT molecular complexity index is 537. The summed E-state index contributed by atoms with van der Waals surface area (Å²) in [5.41, 5.74) is 1.82. The highest BCUT2D eigenvalue weighted by Crippen LogP contribution is 2.20. The molecule has 7 heteroatoms. The lowest BCUT2D eigenvalue weighted by molar-refractivity contribution is -0.114.